The fourth-order valence-corrected chi connectivity index (χ4v) is 11.9. The van der Waals surface area contributed by atoms with Gasteiger partial charge in [0.05, 0.1) is 45.0 Å². The van der Waals surface area contributed by atoms with Crippen molar-refractivity contribution in [1.29, 1.82) is 0 Å². The third-order valence-corrected chi connectivity index (χ3v) is 15.0. The monoisotopic (exact) mass is 896 g/mol. The number of methoxy groups -OCH3 is 3. The van der Waals surface area contributed by atoms with E-state index < -0.39 is 24.3 Å². The molecule has 4 N–H and O–H groups in total. The van der Waals surface area contributed by atoms with E-state index in [-0.39, 0.29) is 71.9 Å². The number of benzene rings is 2. The molecule has 4 aliphatic heterocycles. The number of ether oxygens (including phenoxy) is 3. The molecule has 8 aliphatic rings. The van der Waals surface area contributed by atoms with E-state index in [1.807, 2.05) is 54.0 Å². The zero-order valence-corrected chi connectivity index (χ0v) is 38.2. The number of allylic oxidation sites excluding steroid dienone is 3. The van der Waals surface area contributed by atoms with E-state index in [2.05, 4.69) is 75.9 Å². The minimum absolute atomic E-state index is 0.0134. The molecule has 3 fully saturated rings. The highest BCUT2D eigenvalue weighted by molar-refractivity contribution is 5.98. The Bertz CT molecular complexity index is 2460. The van der Waals surface area contributed by atoms with E-state index in [1.54, 1.807) is 7.11 Å². The molecule has 12 atom stereocenters. The largest absolute Gasteiger partial charge is 0.453 e. The first-order chi connectivity index (χ1) is 32.0. The lowest BCUT2D eigenvalue weighted by Crippen LogP contribution is -2.59. The van der Waals surface area contributed by atoms with Crippen molar-refractivity contribution in [2.45, 2.75) is 106 Å². The first kappa shape index (κ1) is 43.7. The number of carbonyl (C=O) groups excluding carboxylic acids is 4. The van der Waals surface area contributed by atoms with Gasteiger partial charge in [-0.25, -0.2) is 9.59 Å². The van der Waals surface area contributed by atoms with Crippen LogP contribution in [-0.4, -0.2) is 122 Å². The molecule has 4 amide bonds. The number of amidine groups is 2. The molecule has 2 saturated heterocycles. The summed E-state index contributed by atoms with van der Waals surface area (Å²) in [6.45, 7) is 4.87. The number of rotatable bonds is 11. The highest BCUT2D eigenvalue weighted by atomic mass is 16.5. The molecule has 10 rings (SSSR count). The van der Waals surface area contributed by atoms with Crippen molar-refractivity contribution in [3.8, 4) is 0 Å². The van der Waals surface area contributed by atoms with Crippen molar-refractivity contribution in [2.24, 2.45) is 27.7 Å². The Kier molecular flexibility index (Phi) is 11.8. The maximum absolute atomic E-state index is 14.4. The Morgan fingerprint density at radius 1 is 0.848 bits per heavy atom. The zero-order chi connectivity index (χ0) is 45.8. The predicted molar refractivity (Wildman–Crippen MR) is 250 cm³/mol. The van der Waals surface area contributed by atoms with Crippen molar-refractivity contribution in [1.82, 2.24) is 31.1 Å². The van der Waals surface area contributed by atoms with Gasteiger partial charge in [0.25, 0.3) is 5.91 Å². The van der Waals surface area contributed by atoms with Crippen LogP contribution in [0.1, 0.15) is 86.2 Å². The summed E-state index contributed by atoms with van der Waals surface area (Å²) in [6.07, 6.45) is 16.7. The summed E-state index contributed by atoms with van der Waals surface area (Å²) in [4.78, 5) is 67.9. The number of likely N-dealkylation sites (tertiary alicyclic amines) is 2. The highest BCUT2D eigenvalue weighted by Crippen LogP contribution is 2.46. The number of amides is 4. The standard InChI is InChI=1S/C51H60N8O7/c1-27(2)41(56-50(62)65-4)49(61)59-35-16-11-34(24-35)45(59)47-53-39-20-15-33-23-31(13-18-37(33)44(39)55-47)30-12-17-36-32(22-30)14-19-38-43(36)54-46(52-38)40-21-28(26-64-3)25-58(40)48(60)42(57-51(63)66-5)29-9-7-6-8-10-29/h6-10,12,14-15,17-20,22-23,27-28,31,34-35,38-45H,11,13,16,21,24-26H2,1-5H3,(H,52,54)(H,53,55)(H,56,62)(H,57,63)/t28-,31-,34+,35-,38?,39-,40-,41-,42+,43+,44?,45-/m0/s1. The van der Waals surface area contributed by atoms with E-state index in [0.29, 0.717) is 31.1 Å². The maximum atomic E-state index is 14.4. The predicted octanol–water partition coefficient (Wildman–Crippen LogP) is 5.49. The summed E-state index contributed by atoms with van der Waals surface area (Å²) < 4.78 is 15.4. The molecular weight excluding hydrogens is 837 g/mol. The summed E-state index contributed by atoms with van der Waals surface area (Å²) in [5.41, 5.74) is 6.58. The van der Waals surface area contributed by atoms with Gasteiger partial charge in [-0.3, -0.25) is 19.6 Å². The van der Waals surface area contributed by atoms with Gasteiger partial charge < -0.3 is 45.3 Å². The number of nitrogens with one attached hydrogen (secondary N) is 4. The number of alkyl carbamates (subject to hydrolysis) is 2. The molecular formula is C51H60N8O7. The normalized spacial score (nSPS) is 30.6. The minimum Gasteiger partial charge on any atom is -0.453 e. The van der Waals surface area contributed by atoms with E-state index in [0.717, 1.165) is 48.5 Å². The Balaban J connectivity index is 0.854. The Morgan fingerprint density at radius 3 is 2.36 bits per heavy atom. The van der Waals surface area contributed by atoms with E-state index in [1.165, 1.54) is 30.9 Å². The van der Waals surface area contributed by atoms with Crippen LogP contribution in [0.2, 0.25) is 0 Å². The third-order valence-electron chi connectivity index (χ3n) is 15.0. The van der Waals surface area contributed by atoms with E-state index in [9.17, 15) is 19.2 Å². The Morgan fingerprint density at radius 2 is 1.59 bits per heavy atom. The summed E-state index contributed by atoms with van der Waals surface area (Å²) >= 11 is 0. The zero-order valence-electron chi connectivity index (χ0n) is 38.2. The lowest BCUT2D eigenvalue weighted by atomic mass is 9.78. The van der Waals surface area contributed by atoms with Crippen molar-refractivity contribution >= 4 is 41.7 Å². The van der Waals surface area contributed by atoms with Crippen molar-refractivity contribution < 1.29 is 33.4 Å². The fourth-order valence-electron chi connectivity index (χ4n) is 11.9. The molecule has 0 aromatic heterocycles. The maximum Gasteiger partial charge on any atom is 0.407 e. The first-order valence-corrected chi connectivity index (χ1v) is 23.5. The molecule has 15 nitrogen and oxygen atoms in total. The molecule has 2 aromatic carbocycles. The van der Waals surface area contributed by atoms with E-state index in [4.69, 9.17) is 24.2 Å². The molecule has 2 unspecified atom stereocenters. The lowest BCUT2D eigenvalue weighted by molar-refractivity contribution is -0.137. The van der Waals surface area contributed by atoms with Gasteiger partial charge in [0.2, 0.25) is 5.91 Å². The molecule has 15 heteroatoms. The van der Waals surface area contributed by atoms with Crippen molar-refractivity contribution in [3.05, 3.63) is 112 Å². The molecule has 66 heavy (non-hydrogen) atoms. The van der Waals surface area contributed by atoms with Crippen LogP contribution in [0.4, 0.5) is 9.59 Å². The Labute approximate surface area is 385 Å². The van der Waals surface area contributed by atoms with Gasteiger partial charge in [0.1, 0.15) is 35.8 Å². The van der Waals surface area contributed by atoms with Crippen molar-refractivity contribution in [2.75, 3.05) is 34.5 Å². The lowest BCUT2D eigenvalue weighted by Gasteiger charge is -2.38. The van der Waals surface area contributed by atoms with Gasteiger partial charge in [0, 0.05) is 31.5 Å². The molecule has 346 valence electrons. The molecule has 2 aromatic rings. The second-order valence-electron chi connectivity index (χ2n) is 19.3. The smallest absolute Gasteiger partial charge is 0.407 e. The highest BCUT2D eigenvalue weighted by Gasteiger charge is 2.54. The second kappa shape index (κ2) is 17.9. The van der Waals surface area contributed by atoms with Gasteiger partial charge in [-0.05, 0) is 77.3 Å². The molecule has 1 saturated carbocycles. The molecule has 0 radical (unpaired) electrons. The summed E-state index contributed by atoms with van der Waals surface area (Å²) in [7, 11) is 4.29. The van der Waals surface area contributed by atoms with Crippen LogP contribution in [0, 0.1) is 17.8 Å². The van der Waals surface area contributed by atoms with Crippen LogP contribution in [0.25, 0.3) is 6.08 Å². The number of carbonyl (C=O) groups is 4. The second-order valence-corrected chi connectivity index (χ2v) is 19.3. The number of aliphatic imine (C=N–C) groups is 2. The first-order valence-electron chi connectivity index (χ1n) is 23.5. The van der Waals surface area contributed by atoms with Crippen LogP contribution in [-0.2, 0) is 23.8 Å². The molecule has 4 heterocycles. The molecule has 0 spiro atoms. The number of piperidine rings is 1. The minimum atomic E-state index is -0.922. The van der Waals surface area contributed by atoms with Crippen LogP contribution in [0.3, 0.4) is 0 Å². The van der Waals surface area contributed by atoms with Crippen LogP contribution in [0.5, 0.6) is 0 Å². The number of fused-ring (bicyclic) bond motifs is 8. The third kappa shape index (κ3) is 7.88. The van der Waals surface area contributed by atoms with Gasteiger partial charge in [-0.1, -0.05) is 98.8 Å². The van der Waals surface area contributed by atoms with Gasteiger partial charge in [-0.2, -0.15) is 0 Å². The Hall–Kier alpha value is -6.22. The number of hydrogen-bond acceptors (Lipinski definition) is 11. The average Bonchev–Trinajstić information content (AvgIpc) is 4.20. The quantitative estimate of drug-likeness (QED) is 0.227. The van der Waals surface area contributed by atoms with Crippen LogP contribution in [0.15, 0.2) is 100 Å². The average molecular weight is 897 g/mol. The summed E-state index contributed by atoms with van der Waals surface area (Å²) in [5, 5.41) is 13.0. The number of hydrogen-bond donors (Lipinski definition) is 4. The number of nitrogens with zero attached hydrogens (tertiary/aromatic N) is 4. The molecule has 4 aliphatic carbocycles. The SMILES string of the molecule is COC[C@H]1C[C@@H](C2=N[C@@H]3c4ccc([C@@H]5C=C6C=C[C@@H]7NC([C@@H]8[C@@H]9CC[C@@H](C9)N8C(=O)[C@@H](NC(=O)OC)C(C)C)=NC7C6=CC5)cc4C=CC3N2)N(C(=O)[C@H](NC(=O)OC)c2ccccc2)C1. The van der Waals surface area contributed by atoms with Crippen LogP contribution >= 0.6 is 0 Å². The van der Waals surface area contributed by atoms with Crippen molar-refractivity contribution in [3.63, 3.8) is 0 Å². The van der Waals surface area contributed by atoms with Crippen LogP contribution < -0.4 is 21.3 Å². The topological polar surface area (TPSA) is 175 Å². The molecule has 2 bridgehead atoms. The van der Waals surface area contributed by atoms with E-state index >= 15 is 0 Å². The van der Waals surface area contributed by atoms with Gasteiger partial charge >= 0.3 is 12.2 Å². The van der Waals surface area contributed by atoms with Gasteiger partial charge in [0.15, 0.2) is 0 Å². The summed E-state index contributed by atoms with van der Waals surface area (Å²) in [5.74, 6) is 1.86. The van der Waals surface area contributed by atoms with Gasteiger partial charge in [-0.15, -0.1) is 0 Å². The fraction of sp³-hybridized carbons (Fsp3) is 0.490. The summed E-state index contributed by atoms with van der Waals surface area (Å²) in [6, 6.07) is 13.8.